The maximum absolute atomic E-state index is 12.2. The highest BCUT2D eigenvalue weighted by Gasteiger charge is 2.09. The molecule has 0 unspecified atom stereocenters. The Morgan fingerprint density at radius 3 is 2.20 bits per heavy atom. The fraction of sp³-hybridized carbons (Fsp3) is 0.188. The van der Waals surface area contributed by atoms with Gasteiger partial charge in [0.1, 0.15) is 5.75 Å². The molecule has 0 aromatic heterocycles. The van der Waals surface area contributed by atoms with Crippen molar-refractivity contribution in [3.8, 4) is 5.75 Å². The normalized spacial score (nSPS) is 10.4. The van der Waals surface area contributed by atoms with Crippen LogP contribution in [0, 0.1) is 20.8 Å². The van der Waals surface area contributed by atoms with E-state index in [1.807, 2.05) is 26.0 Å². The van der Waals surface area contributed by atoms with Gasteiger partial charge in [-0.05, 0) is 61.7 Å². The van der Waals surface area contributed by atoms with Gasteiger partial charge in [0, 0.05) is 15.7 Å². The van der Waals surface area contributed by atoms with E-state index in [0.29, 0.717) is 5.56 Å². The van der Waals surface area contributed by atoms with E-state index in [9.17, 15) is 9.90 Å². The molecule has 0 aliphatic heterocycles. The van der Waals surface area contributed by atoms with Crippen molar-refractivity contribution in [3.63, 3.8) is 0 Å². The van der Waals surface area contributed by atoms with E-state index in [2.05, 4.69) is 21.2 Å². The number of halogens is 1. The Kier molecular flexibility index (Phi) is 4.14. The van der Waals surface area contributed by atoms with Gasteiger partial charge >= 0.3 is 0 Å². The molecule has 2 aromatic carbocycles. The lowest BCUT2D eigenvalue weighted by atomic mass is 10.1. The first-order chi connectivity index (χ1) is 9.38. The third-order valence-electron chi connectivity index (χ3n) is 3.17. The van der Waals surface area contributed by atoms with E-state index < -0.39 is 0 Å². The fourth-order valence-corrected chi connectivity index (χ4v) is 2.20. The molecular formula is C16H16BrNO2. The van der Waals surface area contributed by atoms with Crippen LogP contribution in [0.4, 0.5) is 5.69 Å². The Labute approximate surface area is 126 Å². The summed E-state index contributed by atoms with van der Waals surface area (Å²) in [5.74, 6) is -0.109. The second-order valence-electron chi connectivity index (χ2n) is 4.88. The number of phenolic OH excluding ortho intramolecular Hbond substituents is 1. The van der Waals surface area contributed by atoms with Crippen molar-refractivity contribution in [2.24, 2.45) is 0 Å². The zero-order valence-electron chi connectivity index (χ0n) is 11.6. The number of phenols is 1. The predicted octanol–water partition coefficient (Wildman–Crippen LogP) is 4.33. The summed E-state index contributed by atoms with van der Waals surface area (Å²) in [5, 5.41) is 12.5. The van der Waals surface area contributed by atoms with Gasteiger partial charge in [-0.1, -0.05) is 22.0 Å². The standard InChI is InChI=1S/C16H16BrNO2/c1-9-4-5-12(8-14(9)19)16(20)18-13-6-10(2)15(17)11(3)7-13/h4-8,19H,1-3H3,(H,18,20). The molecule has 0 aliphatic carbocycles. The van der Waals surface area contributed by atoms with E-state index in [4.69, 9.17) is 0 Å². The molecule has 4 heteroatoms. The molecule has 3 nitrogen and oxygen atoms in total. The fourth-order valence-electron chi connectivity index (χ4n) is 1.97. The number of hydrogen-bond donors (Lipinski definition) is 2. The Balaban J connectivity index is 2.25. The van der Waals surface area contributed by atoms with Crippen LogP contribution in [0.2, 0.25) is 0 Å². The van der Waals surface area contributed by atoms with E-state index >= 15 is 0 Å². The minimum absolute atomic E-state index is 0.126. The van der Waals surface area contributed by atoms with Crippen LogP contribution in [0.15, 0.2) is 34.8 Å². The van der Waals surface area contributed by atoms with E-state index in [0.717, 1.165) is 26.9 Å². The summed E-state index contributed by atoms with van der Waals surface area (Å²) < 4.78 is 1.04. The Hall–Kier alpha value is -1.81. The van der Waals surface area contributed by atoms with Crippen LogP contribution in [-0.2, 0) is 0 Å². The summed E-state index contributed by atoms with van der Waals surface area (Å²) >= 11 is 3.50. The first kappa shape index (κ1) is 14.6. The molecule has 0 heterocycles. The minimum Gasteiger partial charge on any atom is -0.508 e. The number of anilines is 1. The molecule has 20 heavy (non-hydrogen) atoms. The zero-order chi connectivity index (χ0) is 14.9. The van der Waals surface area contributed by atoms with Crippen LogP contribution < -0.4 is 5.32 Å². The molecule has 0 saturated heterocycles. The quantitative estimate of drug-likeness (QED) is 0.859. The van der Waals surface area contributed by atoms with Crippen LogP contribution in [0.1, 0.15) is 27.0 Å². The van der Waals surface area contributed by atoms with Gasteiger partial charge in [0.05, 0.1) is 0 Å². The smallest absolute Gasteiger partial charge is 0.255 e. The number of carbonyl (C=O) groups excluding carboxylic acids is 1. The zero-order valence-corrected chi connectivity index (χ0v) is 13.2. The highest BCUT2D eigenvalue weighted by Crippen LogP contribution is 2.25. The van der Waals surface area contributed by atoms with Crippen molar-refractivity contribution in [2.75, 3.05) is 5.32 Å². The van der Waals surface area contributed by atoms with Crippen molar-refractivity contribution in [2.45, 2.75) is 20.8 Å². The molecule has 2 aromatic rings. The van der Waals surface area contributed by atoms with E-state index in [-0.39, 0.29) is 11.7 Å². The second kappa shape index (κ2) is 5.67. The minimum atomic E-state index is -0.235. The van der Waals surface area contributed by atoms with Crippen molar-refractivity contribution in [1.82, 2.24) is 0 Å². The van der Waals surface area contributed by atoms with Crippen LogP contribution in [0.3, 0.4) is 0 Å². The van der Waals surface area contributed by atoms with Gasteiger partial charge < -0.3 is 10.4 Å². The summed E-state index contributed by atoms with van der Waals surface area (Å²) in [6, 6.07) is 8.71. The van der Waals surface area contributed by atoms with Crippen molar-refractivity contribution < 1.29 is 9.90 Å². The number of nitrogens with one attached hydrogen (secondary N) is 1. The third-order valence-corrected chi connectivity index (χ3v) is 4.42. The number of carbonyl (C=O) groups is 1. The van der Waals surface area contributed by atoms with Crippen LogP contribution in [0.25, 0.3) is 0 Å². The van der Waals surface area contributed by atoms with Crippen molar-refractivity contribution in [1.29, 1.82) is 0 Å². The summed E-state index contributed by atoms with van der Waals surface area (Å²) in [6.07, 6.45) is 0. The van der Waals surface area contributed by atoms with Gasteiger partial charge in [-0.3, -0.25) is 4.79 Å². The molecule has 0 radical (unpaired) electrons. The lowest BCUT2D eigenvalue weighted by Crippen LogP contribution is -2.12. The highest BCUT2D eigenvalue weighted by atomic mass is 79.9. The summed E-state index contributed by atoms with van der Waals surface area (Å²) in [4.78, 5) is 12.2. The molecule has 0 bridgehead atoms. The molecule has 0 spiro atoms. The lowest BCUT2D eigenvalue weighted by Gasteiger charge is -2.10. The van der Waals surface area contributed by atoms with E-state index in [1.165, 1.54) is 6.07 Å². The predicted molar refractivity (Wildman–Crippen MR) is 84.4 cm³/mol. The third kappa shape index (κ3) is 3.02. The molecule has 0 saturated carbocycles. The van der Waals surface area contributed by atoms with Crippen LogP contribution in [-0.4, -0.2) is 11.0 Å². The number of aryl methyl sites for hydroxylation is 3. The highest BCUT2D eigenvalue weighted by molar-refractivity contribution is 9.10. The monoisotopic (exact) mass is 333 g/mol. The average Bonchev–Trinajstić information content (AvgIpc) is 2.39. The maximum atomic E-state index is 12.2. The lowest BCUT2D eigenvalue weighted by molar-refractivity contribution is 0.102. The number of hydrogen-bond acceptors (Lipinski definition) is 2. The number of amides is 1. The Morgan fingerprint density at radius 1 is 1.05 bits per heavy atom. The molecule has 1 amide bonds. The van der Waals surface area contributed by atoms with Crippen molar-refractivity contribution in [3.05, 3.63) is 57.1 Å². The second-order valence-corrected chi connectivity index (χ2v) is 5.67. The molecule has 0 atom stereocenters. The summed E-state index contributed by atoms with van der Waals surface area (Å²) in [7, 11) is 0. The Bertz CT molecular complexity index is 657. The average molecular weight is 334 g/mol. The van der Waals surface area contributed by atoms with Gasteiger partial charge in [-0.15, -0.1) is 0 Å². The molecule has 0 fully saturated rings. The van der Waals surface area contributed by atoms with Crippen LogP contribution in [0.5, 0.6) is 5.75 Å². The number of aromatic hydroxyl groups is 1. The maximum Gasteiger partial charge on any atom is 0.255 e. The first-order valence-corrected chi connectivity index (χ1v) is 7.05. The number of benzene rings is 2. The molecular weight excluding hydrogens is 318 g/mol. The molecule has 0 aliphatic rings. The molecule has 104 valence electrons. The van der Waals surface area contributed by atoms with Gasteiger partial charge in [-0.2, -0.15) is 0 Å². The summed E-state index contributed by atoms with van der Waals surface area (Å²) in [6.45, 7) is 5.74. The van der Waals surface area contributed by atoms with Crippen molar-refractivity contribution >= 4 is 27.5 Å². The van der Waals surface area contributed by atoms with Gasteiger partial charge in [0.15, 0.2) is 0 Å². The van der Waals surface area contributed by atoms with Gasteiger partial charge in [-0.25, -0.2) is 0 Å². The SMILES string of the molecule is Cc1ccc(C(=O)Nc2cc(C)c(Br)c(C)c2)cc1O. The number of rotatable bonds is 2. The first-order valence-electron chi connectivity index (χ1n) is 6.26. The van der Waals surface area contributed by atoms with Gasteiger partial charge in [0.2, 0.25) is 0 Å². The van der Waals surface area contributed by atoms with Crippen LogP contribution >= 0.6 is 15.9 Å². The summed E-state index contributed by atoms with van der Waals surface area (Å²) in [5.41, 5.74) is 4.05. The topological polar surface area (TPSA) is 49.3 Å². The largest absolute Gasteiger partial charge is 0.508 e. The molecule has 2 rings (SSSR count). The molecule has 2 N–H and O–H groups in total. The van der Waals surface area contributed by atoms with Gasteiger partial charge in [0.25, 0.3) is 5.91 Å². The van der Waals surface area contributed by atoms with E-state index in [1.54, 1.807) is 19.1 Å². The Morgan fingerprint density at radius 2 is 1.65 bits per heavy atom.